The fraction of sp³-hybridized carbons (Fsp3) is 0.355. The first kappa shape index (κ1) is 27.0. The molecule has 5 nitrogen and oxygen atoms in total. The van der Waals surface area contributed by atoms with Gasteiger partial charge in [0.25, 0.3) is 5.91 Å². The summed E-state index contributed by atoms with van der Waals surface area (Å²) in [5.74, 6) is 0.569. The van der Waals surface area contributed by atoms with Crippen LogP contribution in [0, 0.1) is 12.8 Å². The number of amides is 2. The van der Waals surface area contributed by atoms with Gasteiger partial charge in [0.2, 0.25) is 5.91 Å². The molecule has 0 heterocycles. The van der Waals surface area contributed by atoms with E-state index in [9.17, 15) is 9.59 Å². The highest BCUT2D eigenvalue weighted by atomic mass is 16.5. The van der Waals surface area contributed by atoms with Crippen molar-refractivity contribution in [1.82, 2.24) is 10.2 Å². The molecular formula is C31H38N2O3. The van der Waals surface area contributed by atoms with E-state index in [4.69, 9.17) is 4.74 Å². The summed E-state index contributed by atoms with van der Waals surface area (Å²) in [6.07, 6.45) is 1.36. The molecule has 3 rings (SSSR count). The number of carbonyl (C=O) groups is 2. The largest absolute Gasteiger partial charge is 0.484 e. The predicted molar refractivity (Wildman–Crippen MR) is 145 cm³/mol. The molecule has 190 valence electrons. The predicted octanol–water partition coefficient (Wildman–Crippen LogP) is 5.35. The molecule has 0 aromatic heterocycles. The summed E-state index contributed by atoms with van der Waals surface area (Å²) in [7, 11) is 0. The van der Waals surface area contributed by atoms with Crippen LogP contribution in [-0.2, 0) is 29.0 Å². The summed E-state index contributed by atoms with van der Waals surface area (Å²) in [5, 5.41) is 3.05. The average Bonchev–Trinajstić information content (AvgIpc) is 2.88. The number of ether oxygens (including phenoxy) is 1. The Balaban J connectivity index is 1.88. The number of carbonyl (C=O) groups excluding carboxylic acids is 2. The minimum absolute atomic E-state index is 0.139. The SMILES string of the molecule is CCc1ccc(OCC(=O)N(Cc2cccc(C)c2)[C@@H](Cc2ccccc2)C(=O)NCC(C)C)cc1. The molecule has 0 aliphatic heterocycles. The van der Waals surface area contributed by atoms with Gasteiger partial charge in [-0.15, -0.1) is 0 Å². The summed E-state index contributed by atoms with van der Waals surface area (Å²) in [6, 6.07) is 25.0. The Morgan fingerprint density at radius 3 is 2.22 bits per heavy atom. The maximum absolute atomic E-state index is 13.6. The molecule has 0 saturated heterocycles. The number of nitrogens with one attached hydrogen (secondary N) is 1. The highest BCUT2D eigenvalue weighted by molar-refractivity contribution is 5.88. The smallest absolute Gasteiger partial charge is 0.261 e. The molecule has 0 aliphatic rings. The van der Waals surface area contributed by atoms with Gasteiger partial charge in [-0.05, 0) is 48.1 Å². The molecule has 0 radical (unpaired) electrons. The van der Waals surface area contributed by atoms with Gasteiger partial charge in [-0.1, -0.05) is 93.1 Å². The van der Waals surface area contributed by atoms with E-state index in [1.54, 1.807) is 4.90 Å². The summed E-state index contributed by atoms with van der Waals surface area (Å²) < 4.78 is 5.87. The molecule has 0 fully saturated rings. The van der Waals surface area contributed by atoms with Crippen LogP contribution in [0.2, 0.25) is 0 Å². The Hall–Kier alpha value is -3.60. The molecule has 36 heavy (non-hydrogen) atoms. The van der Waals surface area contributed by atoms with E-state index in [0.717, 1.165) is 23.1 Å². The van der Waals surface area contributed by atoms with Gasteiger partial charge < -0.3 is 15.0 Å². The van der Waals surface area contributed by atoms with Crippen LogP contribution in [0.1, 0.15) is 43.0 Å². The van der Waals surface area contributed by atoms with E-state index < -0.39 is 6.04 Å². The first-order chi connectivity index (χ1) is 17.4. The minimum Gasteiger partial charge on any atom is -0.484 e. The standard InChI is InChI=1S/C31H38N2O3/c1-5-25-14-16-28(17-15-25)36-22-30(34)33(21-27-13-9-10-24(4)18-27)29(31(35)32-20-23(2)3)19-26-11-7-6-8-12-26/h6-18,23,29H,5,19-22H2,1-4H3,(H,32,35)/t29-/m0/s1. The molecule has 5 heteroatoms. The first-order valence-corrected chi connectivity index (χ1v) is 12.7. The lowest BCUT2D eigenvalue weighted by molar-refractivity contribution is -0.142. The number of hydrogen-bond donors (Lipinski definition) is 1. The van der Waals surface area contributed by atoms with E-state index in [1.165, 1.54) is 5.56 Å². The Morgan fingerprint density at radius 1 is 0.889 bits per heavy atom. The highest BCUT2D eigenvalue weighted by Gasteiger charge is 2.30. The Morgan fingerprint density at radius 2 is 1.58 bits per heavy atom. The monoisotopic (exact) mass is 486 g/mol. The zero-order chi connectivity index (χ0) is 25.9. The van der Waals surface area contributed by atoms with Crippen LogP contribution in [-0.4, -0.2) is 35.9 Å². The zero-order valence-electron chi connectivity index (χ0n) is 21.9. The average molecular weight is 487 g/mol. The van der Waals surface area contributed by atoms with Crippen molar-refractivity contribution in [2.45, 2.75) is 53.1 Å². The van der Waals surface area contributed by atoms with Crippen molar-refractivity contribution in [2.75, 3.05) is 13.2 Å². The van der Waals surface area contributed by atoms with Crippen molar-refractivity contribution in [3.63, 3.8) is 0 Å². The Labute approximate surface area is 215 Å². The van der Waals surface area contributed by atoms with E-state index in [2.05, 4.69) is 32.2 Å². The van der Waals surface area contributed by atoms with Gasteiger partial charge in [-0.25, -0.2) is 0 Å². The van der Waals surface area contributed by atoms with E-state index in [-0.39, 0.29) is 18.4 Å². The third kappa shape index (κ3) is 8.26. The molecule has 0 spiro atoms. The second kappa shape index (κ2) is 13.5. The van der Waals surface area contributed by atoms with Crippen LogP contribution in [0.4, 0.5) is 0 Å². The van der Waals surface area contributed by atoms with Gasteiger partial charge in [0.05, 0.1) is 0 Å². The third-order valence-electron chi connectivity index (χ3n) is 6.08. The first-order valence-electron chi connectivity index (χ1n) is 12.7. The summed E-state index contributed by atoms with van der Waals surface area (Å²) in [6.45, 7) is 8.97. The fourth-order valence-corrected chi connectivity index (χ4v) is 4.03. The number of rotatable bonds is 12. The number of nitrogens with zero attached hydrogens (tertiary/aromatic N) is 1. The molecule has 0 aliphatic carbocycles. The fourth-order valence-electron chi connectivity index (χ4n) is 4.03. The molecule has 1 atom stereocenters. The molecule has 2 amide bonds. The topological polar surface area (TPSA) is 58.6 Å². The van der Waals surface area contributed by atoms with E-state index in [0.29, 0.717) is 31.2 Å². The molecule has 3 aromatic carbocycles. The normalized spacial score (nSPS) is 11.7. The van der Waals surface area contributed by atoms with Crippen LogP contribution in [0.15, 0.2) is 78.9 Å². The third-order valence-corrected chi connectivity index (χ3v) is 6.08. The second-order valence-corrected chi connectivity index (χ2v) is 9.64. The van der Waals surface area contributed by atoms with Gasteiger partial charge in [-0.2, -0.15) is 0 Å². The summed E-state index contributed by atoms with van der Waals surface area (Å²) in [4.78, 5) is 28.7. The Bertz CT molecular complexity index is 1110. The lowest BCUT2D eigenvalue weighted by Crippen LogP contribution is -2.52. The highest BCUT2D eigenvalue weighted by Crippen LogP contribution is 2.17. The Kier molecular flexibility index (Phi) is 10.1. The van der Waals surface area contributed by atoms with E-state index in [1.807, 2.05) is 79.7 Å². The number of benzene rings is 3. The van der Waals surface area contributed by atoms with Crippen LogP contribution < -0.4 is 10.1 Å². The van der Waals surface area contributed by atoms with Crippen LogP contribution >= 0.6 is 0 Å². The van der Waals surface area contributed by atoms with Gasteiger partial charge >= 0.3 is 0 Å². The molecule has 0 saturated carbocycles. The summed E-state index contributed by atoms with van der Waals surface area (Å²) >= 11 is 0. The van der Waals surface area contributed by atoms with Crippen molar-refractivity contribution in [1.29, 1.82) is 0 Å². The molecule has 3 aromatic rings. The quantitative estimate of drug-likeness (QED) is 0.376. The zero-order valence-corrected chi connectivity index (χ0v) is 21.9. The molecule has 1 N–H and O–H groups in total. The maximum Gasteiger partial charge on any atom is 0.261 e. The van der Waals surface area contributed by atoms with Crippen molar-refractivity contribution >= 4 is 11.8 Å². The van der Waals surface area contributed by atoms with Gasteiger partial charge in [-0.3, -0.25) is 9.59 Å². The van der Waals surface area contributed by atoms with E-state index >= 15 is 0 Å². The van der Waals surface area contributed by atoms with Crippen LogP contribution in [0.3, 0.4) is 0 Å². The van der Waals surface area contributed by atoms with Gasteiger partial charge in [0, 0.05) is 19.5 Å². The van der Waals surface area contributed by atoms with Crippen molar-refractivity contribution in [3.8, 4) is 5.75 Å². The minimum atomic E-state index is -0.662. The van der Waals surface area contributed by atoms with Crippen molar-refractivity contribution in [2.24, 2.45) is 5.92 Å². The lowest BCUT2D eigenvalue weighted by atomic mass is 10.0. The van der Waals surface area contributed by atoms with Crippen LogP contribution in [0.25, 0.3) is 0 Å². The maximum atomic E-state index is 13.6. The van der Waals surface area contributed by atoms with Crippen molar-refractivity contribution < 1.29 is 14.3 Å². The lowest BCUT2D eigenvalue weighted by Gasteiger charge is -2.31. The number of aryl methyl sites for hydroxylation is 2. The molecular weight excluding hydrogens is 448 g/mol. The van der Waals surface area contributed by atoms with Gasteiger partial charge in [0.15, 0.2) is 6.61 Å². The number of hydrogen-bond acceptors (Lipinski definition) is 3. The molecule has 0 unspecified atom stereocenters. The van der Waals surface area contributed by atoms with Crippen molar-refractivity contribution in [3.05, 3.63) is 101 Å². The second-order valence-electron chi connectivity index (χ2n) is 9.64. The molecule has 0 bridgehead atoms. The van der Waals surface area contributed by atoms with Gasteiger partial charge in [0.1, 0.15) is 11.8 Å². The summed E-state index contributed by atoms with van der Waals surface area (Å²) in [5.41, 5.74) is 4.29. The van der Waals surface area contributed by atoms with Crippen LogP contribution in [0.5, 0.6) is 5.75 Å².